The number of carbonyl (C=O) groups excluding carboxylic acids is 2. The third-order valence-electron chi connectivity index (χ3n) is 10.8. The predicted octanol–water partition coefficient (Wildman–Crippen LogP) is 13.6. The van der Waals surface area contributed by atoms with E-state index in [1.54, 1.807) is 0 Å². The van der Waals surface area contributed by atoms with E-state index in [0.717, 1.165) is 64.2 Å². The lowest BCUT2D eigenvalue weighted by atomic mass is 10.0. The number of ether oxygens (including phenoxy) is 1. The van der Waals surface area contributed by atoms with E-state index in [-0.39, 0.29) is 24.9 Å². The quantitative estimate of drug-likeness (QED) is 0.0327. The number of aliphatic hydroxyl groups is 2. The number of unbranched alkanes of at least 4 members (excludes halogenated alkanes) is 26. The molecule has 3 N–H and O–H groups in total. The van der Waals surface area contributed by atoms with Crippen molar-refractivity contribution in [1.82, 2.24) is 5.32 Å². The standard InChI is InChI=1S/C48H91NO5/c1-4-7-10-13-16-19-21-23-24-26-29-32-35-38-41-48(53)54-44(39-36-33-30-27-18-15-12-9-6-3)42-47(52)49-45(43-50)46(51)40-37-34-31-28-25-22-20-17-14-11-8-5-2/h7,10,16,19,44-46,50-51H,4-6,8-9,11-15,17-18,20-43H2,1-3H3,(H,49,52)/b10-7+,19-16+. The minimum absolute atomic E-state index is 0.0786. The van der Waals surface area contributed by atoms with Crippen LogP contribution in [0, 0.1) is 0 Å². The van der Waals surface area contributed by atoms with Crippen LogP contribution in [-0.4, -0.2) is 46.9 Å². The zero-order valence-electron chi connectivity index (χ0n) is 36.1. The molecular formula is C48H91NO5. The van der Waals surface area contributed by atoms with Crippen LogP contribution in [0.15, 0.2) is 24.3 Å². The smallest absolute Gasteiger partial charge is 0.306 e. The minimum Gasteiger partial charge on any atom is -0.462 e. The van der Waals surface area contributed by atoms with Crippen LogP contribution in [0.25, 0.3) is 0 Å². The summed E-state index contributed by atoms with van der Waals surface area (Å²) in [6, 6.07) is -0.696. The highest BCUT2D eigenvalue weighted by Crippen LogP contribution is 2.18. The molecule has 0 bridgehead atoms. The van der Waals surface area contributed by atoms with Gasteiger partial charge in [0.15, 0.2) is 0 Å². The maximum atomic E-state index is 13.1. The largest absolute Gasteiger partial charge is 0.462 e. The first-order chi connectivity index (χ1) is 26.5. The van der Waals surface area contributed by atoms with Crippen LogP contribution in [-0.2, 0) is 14.3 Å². The summed E-state index contributed by atoms with van der Waals surface area (Å²) in [4.78, 5) is 26.0. The summed E-state index contributed by atoms with van der Waals surface area (Å²) >= 11 is 0. The normalized spacial score (nSPS) is 13.5. The second-order valence-corrected chi connectivity index (χ2v) is 16.1. The van der Waals surface area contributed by atoms with Gasteiger partial charge < -0.3 is 20.3 Å². The zero-order valence-corrected chi connectivity index (χ0v) is 36.1. The topological polar surface area (TPSA) is 95.9 Å². The summed E-state index contributed by atoms with van der Waals surface area (Å²) in [6.07, 6.45) is 46.6. The molecule has 0 aliphatic rings. The Morgan fingerprint density at radius 3 is 1.50 bits per heavy atom. The van der Waals surface area contributed by atoms with Gasteiger partial charge in [-0.3, -0.25) is 9.59 Å². The number of rotatable bonds is 42. The van der Waals surface area contributed by atoms with Crippen molar-refractivity contribution in [2.24, 2.45) is 0 Å². The van der Waals surface area contributed by atoms with Crippen LogP contribution in [0.1, 0.15) is 245 Å². The van der Waals surface area contributed by atoms with Gasteiger partial charge in [0.2, 0.25) is 5.91 Å². The summed E-state index contributed by atoms with van der Waals surface area (Å²) < 4.78 is 5.90. The van der Waals surface area contributed by atoms with Crippen molar-refractivity contribution < 1.29 is 24.5 Å². The second kappa shape index (κ2) is 42.5. The van der Waals surface area contributed by atoms with E-state index in [1.807, 2.05) is 0 Å². The van der Waals surface area contributed by atoms with Gasteiger partial charge in [0.25, 0.3) is 0 Å². The first-order valence-corrected chi connectivity index (χ1v) is 23.6. The van der Waals surface area contributed by atoms with Gasteiger partial charge in [0.05, 0.1) is 25.2 Å². The number of esters is 1. The zero-order chi connectivity index (χ0) is 39.6. The van der Waals surface area contributed by atoms with Crippen molar-refractivity contribution in [3.63, 3.8) is 0 Å². The maximum Gasteiger partial charge on any atom is 0.306 e. The van der Waals surface area contributed by atoms with Gasteiger partial charge in [0.1, 0.15) is 6.10 Å². The Balaban J connectivity index is 4.50. The molecule has 54 heavy (non-hydrogen) atoms. The molecular weight excluding hydrogens is 671 g/mol. The maximum absolute atomic E-state index is 13.1. The van der Waals surface area contributed by atoms with Gasteiger partial charge in [0, 0.05) is 6.42 Å². The number of allylic oxidation sites excluding steroid dienone is 4. The SMILES string of the molecule is CC/C=C/C/C=C/CCCCCCCCCC(=O)OC(CCCCCCCCCCC)CC(=O)NC(CO)C(O)CCCCCCCCCCCCCC. The number of hydrogen-bond donors (Lipinski definition) is 3. The van der Waals surface area contributed by atoms with Crippen LogP contribution < -0.4 is 5.32 Å². The highest BCUT2D eigenvalue weighted by molar-refractivity contribution is 5.77. The molecule has 0 heterocycles. The summed E-state index contributed by atoms with van der Waals surface area (Å²) in [5, 5.41) is 23.6. The molecule has 1 amide bonds. The molecule has 0 spiro atoms. The molecule has 0 aromatic rings. The summed E-state index contributed by atoms with van der Waals surface area (Å²) in [5.41, 5.74) is 0. The fourth-order valence-electron chi connectivity index (χ4n) is 7.23. The highest BCUT2D eigenvalue weighted by Gasteiger charge is 2.24. The average Bonchev–Trinajstić information content (AvgIpc) is 3.16. The third kappa shape index (κ3) is 37.3. The Kier molecular flexibility index (Phi) is 41.2. The Morgan fingerprint density at radius 2 is 1.00 bits per heavy atom. The van der Waals surface area contributed by atoms with E-state index in [9.17, 15) is 19.8 Å². The lowest BCUT2D eigenvalue weighted by Gasteiger charge is -2.24. The molecule has 6 heteroatoms. The Hall–Kier alpha value is -1.66. The van der Waals surface area contributed by atoms with E-state index in [4.69, 9.17) is 4.74 Å². The molecule has 318 valence electrons. The number of amides is 1. The number of aliphatic hydroxyl groups excluding tert-OH is 2. The molecule has 0 aromatic heterocycles. The van der Waals surface area contributed by atoms with E-state index >= 15 is 0 Å². The monoisotopic (exact) mass is 762 g/mol. The summed E-state index contributed by atoms with van der Waals surface area (Å²) in [7, 11) is 0. The van der Waals surface area contributed by atoms with Crippen molar-refractivity contribution in [3.8, 4) is 0 Å². The van der Waals surface area contributed by atoms with Gasteiger partial charge in [-0.25, -0.2) is 0 Å². The molecule has 0 rings (SSSR count). The molecule has 0 aliphatic carbocycles. The molecule has 0 aromatic carbocycles. The average molecular weight is 762 g/mol. The lowest BCUT2D eigenvalue weighted by Crippen LogP contribution is -2.46. The molecule has 0 aliphatic heterocycles. The molecule has 6 nitrogen and oxygen atoms in total. The van der Waals surface area contributed by atoms with Crippen LogP contribution in [0.3, 0.4) is 0 Å². The number of hydrogen-bond acceptors (Lipinski definition) is 5. The van der Waals surface area contributed by atoms with Crippen LogP contribution in [0.4, 0.5) is 0 Å². The summed E-state index contributed by atoms with van der Waals surface area (Å²) in [5.74, 6) is -0.477. The van der Waals surface area contributed by atoms with E-state index in [2.05, 4.69) is 50.4 Å². The minimum atomic E-state index is -0.782. The second-order valence-electron chi connectivity index (χ2n) is 16.1. The summed E-state index contributed by atoms with van der Waals surface area (Å²) in [6.45, 7) is 6.36. The Morgan fingerprint density at radius 1 is 0.556 bits per heavy atom. The molecule has 3 atom stereocenters. The van der Waals surface area contributed by atoms with Crippen molar-refractivity contribution >= 4 is 11.9 Å². The van der Waals surface area contributed by atoms with Gasteiger partial charge in [-0.05, 0) is 51.4 Å². The van der Waals surface area contributed by atoms with Gasteiger partial charge in [-0.15, -0.1) is 0 Å². The van der Waals surface area contributed by atoms with E-state index < -0.39 is 18.2 Å². The van der Waals surface area contributed by atoms with Gasteiger partial charge in [-0.1, -0.05) is 206 Å². The molecule has 0 fully saturated rings. The van der Waals surface area contributed by atoms with E-state index in [0.29, 0.717) is 19.3 Å². The van der Waals surface area contributed by atoms with Crippen molar-refractivity contribution in [2.45, 2.75) is 264 Å². The molecule has 3 unspecified atom stereocenters. The van der Waals surface area contributed by atoms with Crippen LogP contribution in [0.2, 0.25) is 0 Å². The first kappa shape index (κ1) is 52.3. The third-order valence-corrected chi connectivity index (χ3v) is 10.8. The molecule has 0 saturated heterocycles. The highest BCUT2D eigenvalue weighted by atomic mass is 16.5. The fraction of sp³-hybridized carbons (Fsp3) is 0.875. The van der Waals surface area contributed by atoms with Crippen molar-refractivity contribution in [2.75, 3.05) is 6.61 Å². The van der Waals surface area contributed by atoms with Crippen LogP contribution in [0.5, 0.6) is 0 Å². The van der Waals surface area contributed by atoms with E-state index in [1.165, 1.54) is 135 Å². The van der Waals surface area contributed by atoms with Crippen molar-refractivity contribution in [3.05, 3.63) is 24.3 Å². The molecule has 0 radical (unpaired) electrons. The fourth-order valence-corrected chi connectivity index (χ4v) is 7.23. The van der Waals surface area contributed by atoms with Gasteiger partial charge in [-0.2, -0.15) is 0 Å². The Bertz CT molecular complexity index is 858. The van der Waals surface area contributed by atoms with Crippen LogP contribution >= 0.6 is 0 Å². The Labute approximate surface area is 335 Å². The van der Waals surface area contributed by atoms with Crippen molar-refractivity contribution in [1.29, 1.82) is 0 Å². The number of nitrogens with one attached hydrogen (secondary N) is 1. The lowest BCUT2D eigenvalue weighted by molar-refractivity contribution is -0.151. The predicted molar refractivity (Wildman–Crippen MR) is 232 cm³/mol. The molecule has 0 saturated carbocycles. The first-order valence-electron chi connectivity index (χ1n) is 23.6. The van der Waals surface area contributed by atoms with Gasteiger partial charge >= 0.3 is 5.97 Å². The number of carbonyl (C=O) groups is 2.